The van der Waals surface area contributed by atoms with Crippen LogP contribution < -0.4 is 16.0 Å². The van der Waals surface area contributed by atoms with Crippen molar-refractivity contribution in [3.63, 3.8) is 0 Å². The Morgan fingerprint density at radius 1 is 1.42 bits per heavy atom. The minimum atomic E-state index is -0.0934. The van der Waals surface area contributed by atoms with Gasteiger partial charge in [0.1, 0.15) is 5.75 Å². The van der Waals surface area contributed by atoms with Crippen LogP contribution in [0.2, 0.25) is 0 Å². The second-order valence-corrected chi connectivity index (χ2v) is 4.36. The number of hydrogen-bond donors (Lipinski definition) is 2. The molecule has 0 aliphatic rings. The van der Waals surface area contributed by atoms with Crippen molar-refractivity contribution in [2.45, 2.75) is 25.9 Å². The van der Waals surface area contributed by atoms with Crippen molar-refractivity contribution >= 4 is 0 Å². The summed E-state index contributed by atoms with van der Waals surface area (Å²) in [4.78, 5) is 0. The van der Waals surface area contributed by atoms with Crippen molar-refractivity contribution in [1.82, 2.24) is 15.2 Å². The van der Waals surface area contributed by atoms with E-state index < -0.39 is 0 Å². The van der Waals surface area contributed by atoms with E-state index in [4.69, 9.17) is 10.6 Å². The lowest BCUT2D eigenvalue weighted by Gasteiger charge is -2.18. The van der Waals surface area contributed by atoms with Crippen molar-refractivity contribution in [2.75, 3.05) is 7.11 Å². The highest BCUT2D eigenvalue weighted by atomic mass is 16.5. The molecule has 5 nitrogen and oxygen atoms in total. The van der Waals surface area contributed by atoms with E-state index >= 15 is 0 Å². The molecule has 0 amide bonds. The van der Waals surface area contributed by atoms with Gasteiger partial charge in [0.2, 0.25) is 0 Å². The van der Waals surface area contributed by atoms with Crippen LogP contribution in [0.15, 0.2) is 36.5 Å². The topological polar surface area (TPSA) is 65.1 Å². The molecule has 1 unspecified atom stereocenters. The van der Waals surface area contributed by atoms with Crippen LogP contribution in [0, 0.1) is 0 Å². The van der Waals surface area contributed by atoms with Gasteiger partial charge in [-0.2, -0.15) is 5.10 Å². The predicted octanol–water partition coefficient (Wildman–Crippen LogP) is 1.85. The summed E-state index contributed by atoms with van der Waals surface area (Å²) in [5.41, 5.74) is 4.96. The summed E-state index contributed by atoms with van der Waals surface area (Å²) in [5.74, 6) is 6.54. The average molecular weight is 260 g/mol. The fourth-order valence-electron chi connectivity index (χ4n) is 2.16. The van der Waals surface area contributed by atoms with Crippen LogP contribution in [0.1, 0.15) is 30.6 Å². The number of aromatic nitrogens is 2. The summed E-state index contributed by atoms with van der Waals surface area (Å²) in [5, 5.41) is 4.33. The molecule has 0 saturated carbocycles. The molecule has 0 saturated heterocycles. The van der Waals surface area contributed by atoms with Crippen LogP contribution in [0.25, 0.3) is 0 Å². The largest absolute Gasteiger partial charge is 0.497 e. The Bertz CT molecular complexity index is 524. The average Bonchev–Trinajstić information content (AvgIpc) is 2.89. The number of nitrogens with two attached hydrogens (primary N) is 1. The minimum absolute atomic E-state index is 0.0934. The van der Waals surface area contributed by atoms with E-state index in [9.17, 15) is 0 Å². The van der Waals surface area contributed by atoms with Gasteiger partial charge in [0.25, 0.3) is 0 Å². The molecule has 19 heavy (non-hydrogen) atoms. The predicted molar refractivity (Wildman–Crippen MR) is 74.7 cm³/mol. The van der Waals surface area contributed by atoms with Gasteiger partial charge >= 0.3 is 0 Å². The quantitative estimate of drug-likeness (QED) is 0.614. The number of nitrogens with one attached hydrogen (secondary N) is 1. The maximum atomic E-state index is 5.72. The monoisotopic (exact) mass is 260 g/mol. The lowest BCUT2D eigenvalue weighted by Crippen LogP contribution is -2.30. The van der Waals surface area contributed by atoms with E-state index in [1.54, 1.807) is 13.3 Å². The van der Waals surface area contributed by atoms with Crippen LogP contribution in [0.3, 0.4) is 0 Å². The van der Waals surface area contributed by atoms with E-state index in [2.05, 4.69) is 17.4 Å². The first kappa shape index (κ1) is 13.6. The molecule has 2 aromatic rings. The van der Waals surface area contributed by atoms with Gasteiger partial charge in [-0.15, -0.1) is 0 Å². The van der Waals surface area contributed by atoms with Gasteiger partial charge in [0.15, 0.2) is 0 Å². The lowest BCUT2D eigenvalue weighted by molar-refractivity contribution is 0.413. The molecule has 0 bridgehead atoms. The smallest absolute Gasteiger partial charge is 0.119 e. The zero-order chi connectivity index (χ0) is 13.7. The molecule has 3 N–H and O–H groups in total. The van der Waals surface area contributed by atoms with Crippen LogP contribution in [-0.2, 0) is 6.54 Å². The SMILES string of the molecule is CCCn1nccc1C(NN)c1cccc(OC)c1. The van der Waals surface area contributed by atoms with Gasteiger partial charge < -0.3 is 4.74 Å². The molecular weight excluding hydrogens is 240 g/mol. The molecule has 0 spiro atoms. The molecule has 1 aromatic heterocycles. The molecule has 0 aliphatic carbocycles. The van der Waals surface area contributed by atoms with Gasteiger partial charge in [0.05, 0.1) is 18.8 Å². The van der Waals surface area contributed by atoms with E-state index in [-0.39, 0.29) is 6.04 Å². The molecule has 1 atom stereocenters. The number of rotatable bonds is 6. The lowest BCUT2D eigenvalue weighted by atomic mass is 10.0. The molecule has 2 rings (SSSR count). The number of ether oxygens (including phenoxy) is 1. The van der Waals surface area contributed by atoms with Crippen molar-refractivity contribution in [3.8, 4) is 5.75 Å². The Balaban J connectivity index is 2.35. The number of nitrogens with zero attached hydrogens (tertiary/aromatic N) is 2. The summed E-state index contributed by atoms with van der Waals surface area (Å²) in [6, 6.07) is 9.77. The summed E-state index contributed by atoms with van der Waals surface area (Å²) in [7, 11) is 1.66. The number of benzene rings is 1. The highest BCUT2D eigenvalue weighted by molar-refractivity contribution is 5.34. The molecular formula is C14H20N4O. The third-order valence-electron chi connectivity index (χ3n) is 3.07. The zero-order valence-electron chi connectivity index (χ0n) is 11.3. The molecule has 5 heteroatoms. The van der Waals surface area contributed by atoms with Crippen molar-refractivity contribution < 1.29 is 4.74 Å². The second-order valence-electron chi connectivity index (χ2n) is 4.36. The fourth-order valence-corrected chi connectivity index (χ4v) is 2.16. The van der Waals surface area contributed by atoms with Crippen LogP contribution in [0.4, 0.5) is 0 Å². The maximum absolute atomic E-state index is 5.72. The van der Waals surface area contributed by atoms with Crippen LogP contribution in [0.5, 0.6) is 5.75 Å². The fraction of sp³-hybridized carbons (Fsp3) is 0.357. The van der Waals surface area contributed by atoms with Crippen molar-refractivity contribution in [2.24, 2.45) is 5.84 Å². The summed E-state index contributed by atoms with van der Waals surface area (Å²) >= 11 is 0. The first-order valence-electron chi connectivity index (χ1n) is 6.42. The van der Waals surface area contributed by atoms with Gasteiger partial charge in [-0.3, -0.25) is 10.5 Å². The van der Waals surface area contributed by atoms with Gasteiger partial charge in [-0.1, -0.05) is 19.1 Å². The van der Waals surface area contributed by atoms with E-state index in [0.29, 0.717) is 0 Å². The molecule has 0 radical (unpaired) electrons. The van der Waals surface area contributed by atoms with E-state index in [1.165, 1.54) is 0 Å². The van der Waals surface area contributed by atoms with Gasteiger partial charge in [0, 0.05) is 12.7 Å². The maximum Gasteiger partial charge on any atom is 0.119 e. The molecule has 0 aliphatic heterocycles. The summed E-state index contributed by atoms with van der Waals surface area (Å²) in [6.45, 7) is 3.01. The van der Waals surface area contributed by atoms with Crippen molar-refractivity contribution in [3.05, 3.63) is 47.8 Å². The Morgan fingerprint density at radius 2 is 2.26 bits per heavy atom. The van der Waals surface area contributed by atoms with E-state index in [1.807, 2.05) is 35.0 Å². The molecule has 0 fully saturated rings. The standard InChI is InChI=1S/C14H20N4O/c1-3-9-18-13(7-8-16-18)14(17-15)11-5-4-6-12(10-11)19-2/h4-8,10,14,17H,3,9,15H2,1-2H3. The number of hydrazine groups is 1. The number of hydrogen-bond acceptors (Lipinski definition) is 4. The third-order valence-corrected chi connectivity index (χ3v) is 3.07. The molecule has 102 valence electrons. The summed E-state index contributed by atoms with van der Waals surface area (Å²) < 4.78 is 7.23. The Morgan fingerprint density at radius 3 is 2.95 bits per heavy atom. The van der Waals surface area contributed by atoms with Gasteiger partial charge in [-0.05, 0) is 30.2 Å². The number of methoxy groups -OCH3 is 1. The van der Waals surface area contributed by atoms with E-state index in [0.717, 1.165) is 30.0 Å². The first-order valence-corrected chi connectivity index (χ1v) is 6.42. The number of aryl methyl sites for hydroxylation is 1. The highest BCUT2D eigenvalue weighted by Gasteiger charge is 2.17. The molecule has 1 heterocycles. The Hall–Kier alpha value is -1.85. The first-order chi connectivity index (χ1) is 9.30. The van der Waals surface area contributed by atoms with Crippen molar-refractivity contribution in [1.29, 1.82) is 0 Å². The zero-order valence-corrected chi connectivity index (χ0v) is 11.3. The Labute approximate surface area is 113 Å². The van der Waals surface area contributed by atoms with Crippen LogP contribution in [-0.4, -0.2) is 16.9 Å². The van der Waals surface area contributed by atoms with Gasteiger partial charge in [-0.25, -0.2) is 5.43 Å². The highest BCUT2D eigenvalue weighted by Crippen LogP contribution is 2.24. The molecule has 1 aromatic carbocycles. The second kappa shape index (κ2) is 6.36. The Kier molecular flexibility index (Phi) is 4.54. The third kappa shape index (κ3) is 2.94. The van der Waals surface area contributed by atoms with Crippen LogP contribution >= 0.6 is 0 Å². The summed E-state index contributed by atoms with van der Waals surface area (Å²) in [6.07, 6.45) is 2.83. The normalized spacial score (nSPS) is 12.4. The minimum Gasteiger partial charge on any atom is -0.497 e.